The van der Waals surface area contributed by atoms with Gasteiger partial charge in [0.15, 0.2) is 0 Å². The summed E-state index contributed by atoms with van der Waals surface area (Å²) in [6.45, 7) is 19.6. The second-order valence-electron chi connectivity index (χ2n) is 9.86. The van der Waals surface area contributed by atoms with Gasteiger partial charge in [-0.15, -0.1) is 10.4 Å². The van der Waals surface area contributed by atoms with E-state index in [-0.39, 0.29) is 59.8 Å². The average Bonchev–Trinajstić information content (AvgIpc) is 3.42. The van der Waals surface area contributed by atoms with Crippen molar-refractivity contribution in [3.63, 3.8) is 0 Å². The molecule has 2 aromatic rings. The Hall–Kier alpha value is 0.884. The van der Waals surface area contributed by atoms with E-state index in [1.807, 2.05) is 0 Å². The summed E-state index contributed by atoms with van der Waals surface area (Å²) in [7, 11) is -2.58. The van der Waals surface area contributed by atoms with E-state index in [4.69, 9.17) is 0 Å². The van der Waals surface area contributed by atoms with Gasteiger partial charge in [-0.25, -0.2) is 23.3 Å². The van der Waals surface area contributed by atoms with Gasteiger partial charge >= 0.3 is 25.8 Å². The average molecular weight is 751 g/mol. The second kappa shape index (κ2) is 13.7. The zero-order valence-electron chi connectivity index (χ0n) is 20.3. The topological polar surface area (TPSA) is 6.48 Å². The van der Waals surface area contributed by atoms with Crippen molar-refractivity contribution in [2.24, 2.45) is 0 Å². The molecule has 2 nitrogen and oxygen atoms in total. The Morgan fingerprint density at radius 2 is 0.935 bits per heavy atom. The zero-order valence-corrected chi connectivity index (χ0v) is 29.0. The van der Waals surface area contributed by atoms with E-state index in [1.54, 1.807) is 10.4 Å². The fourth-order valence-corrected chi connectivity index (χ4v) is 10.5. The van der Waals surface area contributed by atoms with Gasteiger partial charge < -0.3 is 43.1 Å². The maximum absolute atomic E-state index is 2.74. The maximum atomic E-state index is 2.74. The van der Waals surface area contributed by atoms with Crippen LogP contribution >= 0.6 is 0 Å². The molecule has 4 rings (SSSR count). The molecule has 2 fully saturated rings. The molecular weight excluding hydrogens is 711 g/mol. The van der Waals surface area contributed by atoms with Crippen LogP contribution in [0.2, 0.25) is 26.2 Å². The van der Waals surface area contributed by atoms with Crippen molar-refractivity contribution in [1.29, 1.82) is 0 Å². The van der Waals surface area contributed by atoms with Crippen molar-refractivity contribution in [1.82, 2.24) is 9.13 Å². The first-order valence-corrected chi connectivity index (χ1v) is 17.1. The Morgan fingerprint density at radius 3 is 1.16 bits per heavy atom. The molecule has 0 unspecified atom stereocenters. The number of rotatable bonds is 4. The van der Waals surface area contributed by atoms with Crippen LogP contribution in [0.15, 0.2) is 36.4 Å². The van der Waals surface area contributed by atoms with E-state index in [0.717, 1.165) is 0 Å². The van der Waals surface area contributed by atoms with Crippen LogP contribution in [0.1, 0.15) is 36.8 Å². The summed E-state index contributed by atoms with van der Waals surface area (Å²) in [6, 6.07) is 13.9. The second-order valence-corrected chi connectivity index (χ2v) is 18.5. The summed E-state index contributed by atoms with van der Waals surface area (Å²) in [5, 5.41) is 3.22. The molecule has 7 heteroatoms. The molecule has 0 bridgehead atoms. The van der Waals surface area contributed by atoms with Gasteiger partial charge in [0.2, 0.25) is 0 Å². The van der Waals surface area contributed by atoms with Gasteiger partial charge in [-0.1, -0.05) is 40.0 Å². The minimum absolute atomic E-state index is 0. The molecule has 0 aromatic heterocycles. The normalized spacial score (nSPS) is 17.2. The van der Waals surface area contributed by atoms with E-state index in [1.165, 1.54) is 63.0 Å². The van der Waals surface area contributed by atoms with Gasteiger partial charge in [-0.05, 0) is 51.9 Å². The van der Waals surface area contributed by atoms with E-state index in [9.17, 15) is 0 Å². The van der Waals surface area contributed by atoms with Gasteiger partial charge in [0, 0.05) is 0 Å². The molecule has 2 saturated heterocycles. The third-order valence-electron chi connectivity index (χ3n) is 7.02. The van der Waals surface area contributed by atoms with Crippen molar-refractivity contribution in [3.8, 4) is 0 Å². The molecular formula is C24H40Br2HfN2Si2. The molecule has 0 saturated carbocycles. The van der Waals surface area contributed by atoms with Crippen LogP contribution < -0.4 is 44.3 Å². The molecule has 31 heavy (non-hydrogen) atoms. The third-order valence-corrected chi connectivity index (χ3v) is 14.5. The molecule has 2 aliphatic heterocycles. The van der Waals surface area contributed by atoms with Crippen LogP contribution in [-0.2, 0) is 25.8 Å². The minimum atomic E-state index is -1.29. The van der Waals surface area contributed by atoms with E-state index < -0.39 is 16.5 Å². The Labute approximate surface area is 233 Å². The Bertz CT molecular complexity index is 697. The predicted molar refractivity (Wildman–Crippen MR) is 129 cm³/mol. The monoisotopic (exact) mass is 750 g/mol. The molecule has 2 aliphatic rings. The van der Waals surface area contributed by atoms with E-state index >= 15 is 0 Å². The van der Waals surface area contributed by atoms with Crippen molar-refractivity contribution in [3.05, 3.63) is 47.5 Å². The van der Waals surface area contributed by atoms with Crippen LogP contribution in [0.5, 0.6) is 0 Å². The zero-order chi connectivity index (χ0) is 20.4. The molecule has 2 heterocycles. The van der Waals surface area contributed by atoms with Gasteiger partial charge in [0.25, 0.3) is 0 Å². The van der Waals surface area contributed by atoms with E-state index in [2.05, 4.69) is 85.6 Å². The predicted octanol–water partition coefficient (Wildman–Crippen LogP) is -1.55. The van der Waals surface area contributed by atoms with Gasteiger partial charge in [0.05, 0.1) is 16.5 Å². The Balaban J connectivity index is 0.000000529. The Kier molecular flexibility index (Phi) is 14.1. The summed E-state index contributed by atoms with van der Waals surface area (Å²) >= 11 is 0. The first-order valence-electron chi connectivity index (χ1n) is 11.2. The van der Waals surface area contributed by atoms with Crippen molar-refractivity contribution >= 4 is 26.8 Å². The van der Waals surface area contributed by atoms with Crippen LogP contribution in [0.25, 0.3) is 0 Å². The smallest absolute Gasteiger partial charge is 1.00 e. The summed E-state index contributed by atoms with van der Waals surface area (Å²) < 4.78 is 5.48. The van der Waals surface area contributed by atoms with E-state index in [0.29, 0.717) is 0 Å². The third kappa shape index (κ3) is 7.96. The van der Waals surface area contributed by atoms with Crippen LogP contribution in [0.4, 0.5) is 0 Å². The fraction of sp³-hybridized carbons (Fsp3) is 0.583. The van der Waals surface area contributed by atoms with Crippen LogP contribution in [0, 0.1) is 13.8 Å². The minimum Gasteiger partial charge on any atom is -1.00 e. The number of aryl methyl sites for hydroxylation is 2. The number of halogens is 2. The van der Waals surface area contributed by atoms with Gasteiger partial charge in [-0.2, -0.15) is 24.3 Å². The Morgan fingerprint density at radius 1 is 0.645 bits per heavy atom. The number of hydrogen-bond acceptors (Lipinski definition) is 2. The van der Waals surface area contributed by atoms with Crippen molar-refractivity contribution < 1.29 is 59.8 Å². The largest absolute Gasteiger partial charge is 4.00 e. The van der Waals surface area contributed by atoms with Crippen LogP contribution in [-0.4, -0.2) is 51.8 Å². The standard InChI is InChI=1S/2C12H20NSi.2BrH.Hf/c2*1-11-6-7-12(10-11)14(2,3)13-8-4-5-9-13;;;/h2*6-7,10H,4-5,8-9H2,1-3H3;2*1H;/q2*-1;;;+4/p-2. The number of hydrogen-bond donors (Lipinski definition) is 0. The molecule has 0 amide bonds. The molecule has 0 radical (unpaired) electrons. The summed E-state index contributed by atoms with van der Waals surface area (Å²) in [4.78, 5) is 0. The summed E-state index contributed by atoms with van der Waals surface area (Å²) in [6.07, 6.45) is 5.60. The first kappa shape index (κ1) is 31.9. The van der Waals surface area contributed by atoms with Crippen LogP contribution in [0.3, 0.4) is 0 Å². The first-order chi connectivity index (χ1) is 13.2. The van der Waals surface area contributed by atoms with Gasteiger partial charge in [-0.3, -0.25) is 0 Å². The quantitative estimate of drug-likeness (QED) is 0.276. The summed E-state index contributed by atoms with van der Waals surface area (Å²) in [5.74, 6) is 0. The van der Waals surface area contributed by atoms with Crippen molar-refractivity contribution in [2.45, 2.75) is 65.7 Å². The SMILES string of the molecule is Cc1cc[c-]([Si](C)(C)N2CCCC2)c1.Cc1cc[c-]([Si](C)(C)N2CCCC2)c1.[Br-].[Br-].[Hf+4]. The number of nitrogens with zero attached hydrogens (tertiary/aromatic N) is 2. The maximum Gasteiger partial charge on any atom is 4.00 e. The molecule has 0 N–H and O–H groups in total. The molecule has 0 spiro atoms. The molecule has 2 aromatic carbocycles. The summed E-state index contributed by atoms with van der Waals surface area (Å²) in [5.41, 5.74) is 2.83. The van der Waals surface area contributed by atoms with Crippen molar-refractivity contribution in [2.75, 3.05) is 26.2 Å². The molecule has 0 atom stereocenters. The molecule has 172 valence electrons. The molecule has 0 aliphatic carbocycles. The fourth-order valence-electron chi connectivity index (χ4n) is 4.80. The van der Waals surface area contributed by atoms with Gasteiger partial charge in [0.1, 0.15) is 0 Å².